The molecule has 1 aromatic carbocycles. The quantitative estimate of drug-likeness (QED) is 0.726. The van der Waals surface area contributed by atoms with Crippen molar-refractivity contribution in [1.82, 2.24) is 9.97 Å². The molecule has 3 aromatic rings. The first-order chi connectivity index (χ1) is 11.0. The van der Waals surface area contributed by atoms with Gasteiger partial charge in [0.15, 0.2) is 5.82 Å². The maximum Gasteiger partial charge on any atom is 0.260 e. The van der Waals surface area contributed by atoms with Gasteiger partial charge >= 0.3 is 0 Å². The fourth-order valence-corrected chi connectivity index (χ4v) is 3.49. The standard InChI is InChI=1S/C18H15N3OS/c1-10-5-4-6-13(7-10)8-14(9-19)16-20-17(22)15-11(2)12(3)23-18(15)21-16/h4-8H,1-3H3,(H,20,21,22)/b14-8+. The lowest BCUT2D eigenvalue weighted by atomic mass is 10.1. The number of hydrogen-bond acceptors (Lipinski definition) is 4. The summed E-state index contributed by atoms with van der Waals surface area (Å²) in [7, 11) is 0. The molecule has 1 N–H and O–H groups in total. The van der Waals surface area contributed by atoms with Crippen LogP contribution in [0.3, 0.4) is 0 Å². The molecule has 0 saturated heterocycles. The molecule has 2 heterocycles. The lowest BCUT2D eigenvalue weighted by Gasteiger charge is -2.01. The largest absolute Gasteiger partial charge is 0.305 e. The van der Waals surface area contributed by atoms with E-state index in [2.05, 4.69) is 16.0 Å². The number of aromatic amines is 1. The van der Waals surface area contributed by atoms with Gasteiger partial charge in [-0.3, -0.25) is 4.79 Å². The van der Waals surface area contributed by atoms with Crippen LogP contribution < -0.4 is 5.56 Å². The van der Waals surface area contributed by atoms with Crippen LogP contribution in [0.5, 0.6) is 0 Å². The summed E-state index contributed by atoms with van der Waals surface area (Å²) in [5, 5.41) is 10.1. The van der Waals surface area contributed by atoms with Crippen molar-refractivity contribution in [2.75, 3.05) is 0 Å². The zero-order chi connectivity index (χ0) is 16.6. The summed E-state index contributed by atoms with van der Waals surface area (Å²) in [5.74, 6) is 0.313. The van der Waals surface area contributed by atoms with Crippen molar-refractivity contribution >= 4 is 33.2 Å². The Kier molecular flexibility index (Phi) is 3.85. The van der Waals surface area contributed by atoms with Gasteiger partial charge in [-0.1, -0.05) is 29.8 Å². The van der Waals surface area contributed by atoms with Crippen molar-refractivity contribution in [3.63, 3.8) is 0 Å². The zero-order valence-corrected chi connectivity index (χ0v) is 13.9. The Morgan fingerprint density at radius 1 is 1.35 bits per heavy atom. The van der Waals surface area contributed by atoms with E-state index in [1.165, 1.54) is 11.3 Å². The van der Waals surface area contributed by atoms with Crippen LogP contribution in [0.15, 0.2) is 29.1 Å². The van der Waals surface area contributed by atoms with Crippen LogP contribution in [-0.4, -0.2) is 9.97 Å². The second kappa shape index (κ2) is 5.82. The van der Waals surface area contributed by atoms with Crippen LogP contribution in [0.1, 0.15) is 27.4 Å². The van der Waals surface area contributed by atoms with Crippen LogP contribution in [-0.2, 0) is 0 Å². The van der Waals surface area contributed by atoms with Crippen LogP contribution in [0.25, 0.3) is 21.9 Å². The molecule has 114 valence electrons. The highest BCUT2D eigenvalue weighted by atomic mass is 32.1. The van der Waals surface area contributed by atoms with E-state index < -0.39 is 0 Å². The minimum atomic E-state index is -0.197. The number of thiophene rings is 1. The highest BCUT2D eigenvalue weighted by Crippen LogP contribution is 2.26. The molecule has 0 bridgehead atoms. The Hall–Kier alpha value is -2.71. The minimum Gasteiger partial charge on any atom is -0.305 e. The molecular weight excluding hydrogens is 306 g/mol. The van der Waals surface area contributed by atoms with Crippen LogP contribution in [0.2, 0.25) is 0 Å². The fourth-order valence-electron chi connectivity index (χ4n) is 2.46. The van der Waals surface area contributed by atoms with E-state index in [0.29, 0.717) is 21.6 Å². The molecule has 0 spiro atoms. The molecule has 2 aromatic heterocycles. The number of rotatable bonds is 2. The summed E-state index contributed by atoms with van der Waals surface area (Å²) in [6, 6.07) is 9.95. The highest BCUT2D eigenvalue weighted by molar-refractivity contribution is 7.18. The number of fused-ring (bicyclic) bond motifs is 1. The van der Waals surface area contributed by atoms with E-state index >= 15 is 0 Å². The van der Waals surface area contributed by atoms with Crippen molar-refractivity contribution in [3.8, 4) is 6.07 Å². The molecule has 23 heavy (non-hydrogen) atoms. The van der Waals surface area contributed by atoms with Gasteiger partial charge in [0.2, 0.25) is 0 Å². The molecule has 4 nitrogen and oxygen atoms in total. The molecule has 0 saturated carbocycles. The lowest BCUT2D eigenvalue weighted by molar-refractivity contribution is 1.13. The third-order valence-corrected chi connectivity index (χ3v) is 4.87. The molecule has 0 aliphatic rings. The van der Waals surface area contributed by atoms with E-state index in [-0.39, 0.29) is 5.56 Å². The van der Waals surface area contributed by atoms with Crippen LogP contribution in [0.4, 0.5) is 0 Å². The predicted molar refractivity (Wildman–Crippen MR) is 94.4 cm³/mol. The number of H-pyrrole nitrogens is 1. The average Bonchev–Trinajstić information content (AvgIpc) is 2.80. The average molecular weight is 321 g/mol. The zero-order valence-electron chi connectivity index (χ0n) is 13.1. The second-order valence-electron chi connectivity index (χ2n) is 5.46. The molecule has 0 fully saturated rings. The molecule has 5 heteroatoms. The summed E-state index contributed by atoms with van der Waals surface area (Å²) in [4.78, 5) is 21.3. The van der Waals surface area contributed by atoms with E-state index in [1.54, 1.807) is 6.08 Å². The molecule has 0 aliphatic carbocycles. The first kappa shape index (κ1) is 15.2. The normalized spacial score (nSPS) is 11.7. The summed E-state index contributed by atoms with van der Waals surface area (Å²) < 4.78 is 0. The first-order valence-corrected chi connectivity index (χ1v) is 8.00. The van der Waals surface area contributed by atoms with Crippen LogP contribution in [0, 0.1) is 32.1 Å². The van der Waals surface area contributed by atoms with Gasteiger partial charge in [-0.05, 0) is 38.0 Å². The molecule has 3 rings (SSSR count). The molecular formula is C18H15N3OS. The minimum absolute atomic E-state index is 0.197. The van der Waals surface area contributed by atoms with Gasteiger partial charge < -0.3 is 4.98 Å². The summed E-state index contributed by atoms with van der Waals surface area (Å²) in [5.41, 5.74) is 3.11. The van der Waals surface area contributed by atoms with Crippen LogP contribution >= 0.6 is 11.3 Å². The maximum absolute atomic E-state index is 12.3. The van der Waals surface area contributed by atoms with Gasteiger partial charge in [0.1, 0.15) is 10.9 Å². The van der Waals surface area contributed by atoms with Crippen molar-refractivity contribution in [1.29, 1.82) is 5.26 Å². The number of hydrogen-bond donors (Lipinski definition) is 1. The van der Waals surface area contributed by atoms with Gasteiger partial charge in [-0.2, -0.15) is 5.26 Å². The van der Waals surface area contributed by atoms with E-state index in [0.717, 1.165) is 21.6 Å². The third kappa shape index (κ3) is 2.81. The van der Waals surface area contributed by atoms with E-state index in [4.69, 9.17) is 0 Å². The van der Waals surface area contributed by atoms with Crippen molar-refractivity contribution in [3.05, 3.63) is 62.0 Å². The summed E-state index contributed by atoms with van der Waals surface area (Å²) in [6.45, 7) is 5.87. The van der Waals surface area contributed by atoms with Gasteiger partial charge in [-0.15, -0.1) is 11.3 Å². The van der Waals surface area contributed by atoms with Crippen molar-refractivity contribution in [2.24, 2.45) is 0 Å². The number of nitrogens with zero attached hydrogens (tertiary/aromatic N) is 2. The van der Waals surface area contributed by atoms with E-state index in [1.807, 2.05) is 45.0 Å². The SMILES string of the molecule is Cc1cccc(/C=C(\C#N)c2nc3sc(C)c(C)c3c(=O)[nH]2)c1. The molecule has 0 atom stereocenters. The molecule has 0 unspecified atom stereocenters. The Bertz CT molecular complexity index is 1030. The summed E-state index contributed by atoms with van der Waals surface area (Å²) >= 11 is 1.48. The Balaban J connectivity index is 2.18. The number of nitrogens with one attached hydrogen (secondary N) is 1. The number of aryl methyl sites for hydroxylation is 3. The smallest absolute Gasteiger partial charge is 0.260 e. The number of benzene rings is 1. The number of aromatic nitrogens is 2. The number of allylic oxidation sites excluding steroid dienone is 1. The molecule has 0 amide bonds. The second-order valence-corrected chi connectivity index (χ2v) is 6.67. The lowest BCUT2D eigenvalue weighted by Crippen LogP contribution is -2.10. The Labute approximate surface area is 137 Å². The highest BCUT2D eigenvalue weighted by Gasteiger charge is 2.13. The van der Waals surface area contributed by atoms with Crippen molar-refractivity contribution < 1.29 is 0 Å². The van der Waals surface area contributed by atoms with Gasteiger partial charge in [-0.25, -0.2) is 4.98 Å². The Morgan fingerprint density at radius 3 is 2.83 bits per heavy atom. The predicted octanol–water partition coefficient (Wildman–Crippen LogP) is 3.97. The maximum atomic E-state index is 12.3. The first-order valence-electron chi connectivity index (χ1n) is 7.18. The summed E-state index contributed by atoms with van der Waals surface area (Å²) in [6.07, 6.45) is 1.74. The monoisotopic (exact) mass is 321 g/mol. The third-order valence-electron chi connectivity index (χ3n) is 3.77. The Morgan fingerprint density at radius 2 is 2.13 bits per heavy atom. The van der Waals surface area contributed by atoms with Crippen molar-refractivity contribution in [2.45, 2.75) is 20.8 Å². The topological polar surface area (TPSA) is 69.5 Å². The van der Waals surface area contributed by atoms with Gasteiger partial charge in [0.05, 0.1) is 11.0 Å². The fraction of sp³-hybridized carbons (Fsp3) is 0.167. The van der Waals surface area contributed by atoms with Gasteiger partial charge in [0, 0.05) is 4.88 Å². The molecule has 0 aliphatic heterocycles. The van der Waals surface area contributed by atoms with E-state index in [9.17, 15) is 10.1 Å². The number of nitriles is 1. The molecule has 0 radical (unpaired) electrons. The van der Waals surface area contributed by atoms with Gasteiger partial charge in [0.25, 0.3) is 5.56 Å².